The lowest BCUT2D eigenvalue weighted by Gasteiger charge is -2.07. The Bertz CT molecular complexity index is 929. The minimum Gasteiger partial charge on any atom is -0.465 e. The lowest BCUT2D eigenvalue weighted by molar-refractivity contribution is 0.0945. The van der Waals surface area contributed by atoms with Crippen molar-refractivity contribution in [1.82, 2.24) is 10.6 Å². The van der Waals surface area contributed by atoms with E-state index in [0.717, 1.165) is 44.6 Å². The number of benzene rings is 2. The summed E-state index contributed by atoms with van der Waals surface area (Å²) < 4.78 is 58.2. The molecular formula is C27H30F4N2O4. The van der Waals surface area contributed by atoms with Crippen molar-refractivity contribution < 1.29 is 36.6 Å². The summed E-state index contributed by atoms with van der Waals surface area (Å²) in [6.07, 6.45) is 2.34. The zero-order valence-corrected chi connectivity index (χ0v) is 20.2. The van der Waals surface area contributed by atoms with E-state index >= 15 is 0 Å². The van der Waals surface area contributed by atoms with Crippen molar-refractivity contribution in [2.75, 3.05) is 13.1 Å². The highest BCUT2D eigenvalue weighted by Crippen LogP contribution is 2.14. The quantitative estimate of drug-likeness (QED) is 0.158. The van der Waals surface area contributed by atoms with E-state index in [2.05, 4.69) is 10.6 Å². The number of carbonyl (C=O) groups excluding carboxylic acids is 2. The Balaban J connectivity index is 1.52. The molecule has 2 rings (SSSR count). The molecule has 2 aromatic rings. The number of ether oxygens (including phenoxy) is 2. The van der Waals surface area contributed by atoms with Crippen LogP contribution in [0.25, 0.3) is 0 Å². The Labute approximate surface area is 213 Å². The van der Waals surface area contributed by atoms with Gasteiger partial charge in [-0.15, -0.1) is 0 Å². The Morgan fingerprint density at radius 3 is 1.32 bits per heavy atom. The Kier molecular flexibility index (Phi) is 13.3. The molecule has 0 atom stereocenters. The number of nitrogens with one attached hydrogen (secondary N) is 2. The zero-order valence-electron chi connectivity index (χ0n) is 20.2. The summed E-state index contributed by atoms with van der Waals surface area (Å²) in [4.78, 5) is 24.3. The molecule has 0 bridgehead atoms. The first-order chi connectivity index (χ1) is 17.8. The number of alkyl halides is 4. The fourth-order valence-corrected chi connectivity index (χ4v) is 3.11. The van der Waals surface area contributed by atoms with E-state index < -0.39 is 12.9 Å². The average Bonchev–Trinajstić information content (AvgIpc) is 2.88. The molecule has 0 aromatic heterocycles. The molecule has 37 heavy (non-hydrogen) atoms. The maximum absolute atomic E-state index is 12.2. The van der Waals surface area contributed by atoms with E-state index in [-0.39, 0.29) is 11.8 Å². The van der Waals surface area contributed by atoms with Gasteiger partial charge in [-0.05, 0) is 61.4 Å². The number of amides is 2. The van der Waals surface area contributed by atoms with Gasteiger partial charge in [0.05, 0.1) is 12.5 Å². The molecule has 2 N–H and O–H groups in total. The van der Waals surface area contributed by atoms with Crippen molar-refractivity contribution in [1.29, 1.82) is 0 Å². The van der Waals surface area contributed by atoms with Gasteiger partial charge in [0.15, 0.2) is 0 Å². The average molecular weight is 523 g/mol. The van der Waals surface area contributed by atoms with Crippen molar-refractivity contribution in [3.63, 3.8) is 0 Å². The smallest absolute Gasteiger partial charge is 0.260 e. The van der Waals surface area contributed by atoms with E-state index in [1.165, 1.54) is 24.3 Å². The van der Waals surface area contributed by atoms with E-state index in [1.54, 1.807) is 24.3 Å². The van der Waals surface area contributed by atoms with Gasteiger partial charge in [-0.1, -0.05) is 19.3 Å². The van der Waals surface area contributed by atoms with Crippen LogP contribution in [0.1, 0.15) is 52.8 Å². The molecular weight excluding hydrogens is 492 g/mol. The summed E-state index contributed by atoms with van der Waals surface area (Å²) in [7, 11) is 0. The van der Waals surface area contributed by atoms with E-state index in [9.17, 15) is 27.2 Å². The highest BCUT2D eigenvalue weighted by molar-refractivity contribution is 5.94. The Morgan fingerprint density at radius 1 is 0.622 bits per heavy atom. The molecule has 0 unspecified atom stereocenters. The molecule has 0 spiro atoms. The first-order valence-electron chi connectivity index (χ1n) is 11.8. The second-order valence-corrected chi connectivity index (χ2v) is 7.89. The van der Waals surface area contributed by atoms with Crippen LogP contribution in [0.5, 0.6) is 11.5 Å². The lowest BCUT2D eigenvalue weighted by atomic mass is 10.1. The van der Waals surface area contributed by atoms with Crippen LogP contribution in [0.15, 0.2) is 73.2 Å². The summed E-state index contributed by atoms with van der Waals surface area (Å²) in [5.41, 5.74) is 0.901. The summed E-state index contributed by atoms with van der Waals surface area (Å²) >= 11 is 0. The molecule has 0 heterocycles. The Hall–Kier alpha value is -3.82. The van der Waals surface area contributed by atoms with Crippen LogP contribution in [-0.2, 0) is 0 Å². The number of hydrogen-bond donors (Lipinski definition) is 2. The third-order valence-electron chi connectivity index (χ3n) is 5.01. The molecule has 0 aliphatic rings. The number of halogens is 4. The van der Waals surface area contributed by atoms with Crippen molar-refractivity contribution in [2.24, 2.45) is 0 Å². The second kappa shape index (κ2) is 16.8. The highest BCUT2D eigenvalue weighted by atomic mass is 19.3. The maximum atomic E-state index is 12.2. The minimum atomic E-state index is -2.59. The predicted octanol–water partition coefficient (Wildman–Crippen LogP) is 6.11. The molecule has 2 amide bonds. The highest BCUT2D eigenvalue weighted by Gasteiger charge is 2.06. The van der Waals surface area contributed by atoms with E-state index in [4.69, 9.17) is 9.47 Å². The minimum absolute atomic E-state index is 0.221. The third kappa shape index (κ3) is 12.6. The first kappa shape index (κ1) is 29.4. The van der Waals surface area contributed by atoms with Gasteiger partial charge in [-0.3, -0.25) is 9.59 Å². The van der Waals surface area contributed by atoms with Gasteiger partial charge >= 0.3 is 0 Å². The summed E-state index contributed by atoms with van der Waals surface area (Å²) in [5.74, 6) is 0.271. The van der Waals surface area contributed by atoms with Crippen molar-refractivity contribution in [3.8, 4) is 11.5 Å². The molecule has 200 valence electrons. The monoisotopic (exact) mass is 522 g/mol. The fourth-order valence-electron chi connectivity index (χ4n) is 3.11. The van der Waals surface area contributed by atoms with Crippen LogP contribution in [0.3, 0.4) is 0 Å². The van der Waals surface area contributed by atoms with Gasteiger partial charge < -0.3 is 20.1 Å². The molecule has 0 saturated heterocycles. The molecule has 0 aliphatic heterocycles. The SMILES string of the molecule is O=C(NCCCCCCCNC(=O)c1ccc(OC=CC(F)F)cc1)c1ccc(OC=CC(F)F)cc1. The summed E-state index contributed by atoms with van der Waals surface area (Å²) in [6.45, 7) is 1.06. The molecule has 2 aromatic carbocycles. The Morgan fingerprint density at radius 2 is 0.973 bits per heavy atom. The molecule has 0 radical (unpaired) electrons. The van der Waals surface area contributed by atoms with Crippen LogP contribution >= 0.6 is 0 Å². The van der Waals surface area contributed by atoms with Crippen molar-refractivity contribution in [2.45, 2.75) is 45.0 Å². The van der Waals surface area contributed by atoms with Gasteiger partial charge in [-0.2, -0.15) is 0 Å². The molecule has 6 nitrogen and oxygen atoms in total. The molecule has 10 heteroatoms. The maximum Gasteiger partial charge on any atom is 0.260 e. The molecule has 0 saturated carbocycles. The van der Waals surface area contributed by atoms with Gasteiger partial charge in [0.1, 0.15) is 11.5 Å². The van der Waals surface area contributed by atoms with E-state index in [1.807, 2.05) is 0 Å². The van der Waals surface area contributed by atoms with Crippen LogP contribution in [-0.4, -0.2) is 37.8 Å². The normalized spacial score (nSPS) is 11.4. The van der Waals surface area contributed by atoms with Crippen molar-refractivity contribution in [3.05, 3.63) is 84.3 Å². The lowest BCUT2D eigenvalue weighted by Crippen LogP contribution is -2.24. The largest absolute Gasteiger partial charge is 0.465 e. The van der Waals surface area contributed by atoms with Gasteiger partial charge in [0.2, 0.25) is 0 Å². The van der Waals surface area contributed by atoms with Gasteiger partial charge in [0, 0.05) is 36.4 Å². The van der Waals surface area contributed by atoms with Crippen LogP contribution in [0.4, 0.5) is 17.6 Å². The van der Waals surface area contributed by atoms with Crippen molar-refractivity contribution >= 4 is 11.8 Å². The predicted molar refractivity (Wildman–Crippen MR) is 132 cm³/mol. The number of rotatable bonds is 16. The number of unbranched alkanes of at least 4 members (excludes halogenated alkanes) is 4. The number of allylic oxidation sites excluding steroid dienone is 2. The van der Waals surface area contributed by atoms with Crippen LogP contribution in [0.2, 0.25) is 0 Å². The zero-order chi connectivity index (χ0) is 26.9. The van der Waals surface area contributed by atoms with Gasteiger partial charge in [0.25, 0.3) is 24.7 Å². The van der Waals surface area contributed by atoms with Crippen LogP contribution in [0, 0.1) is 0 Å². The molecule has 0 fully saturated rings. The fraction of sp³-hybridized carbons (Fsp3) is 0.333. The summed E-state index contributed by atoms with van der Waals surface area (Å²) in [5, 5.41) is 5.67. The van der Waals surface area contributed by atoms with Gasteiger partial charge in [-0.25, -0.2) is 17.6 Å². The molecule has 0 aliphatic carbocycles. The number of hydrogen-bond acceptors (Lipinski definition) is 4. The second-order valence-electron chi connectivity index (χ2n) is 7.89. The summed E-state index contributed by atoms with van der Waals surface area (Å²) in [6, 6.07) is 12.4. The standard InChI is InChI=1S/C27H30F4N2O4/c28-24(29)14-18-36-22-10-6-20(7-11-22)26(34)32-16-4-2-1-3-5-17-33-27(35)21-8-12-23(13-9-21)37-19-15-25(30)31/h6-15,18-19,24-25H,1-5,16-17H2,(H,32,34)(H,33,35). The van der Waals surface area contributed by atoms with E-state index in [0.29, 0.717) is 47.9 Å². The number of carbonyl (C=O) groups is 2. The third-order valence-corrected chi connectivity index (χ3v) is 5.01. The van der Waals surface area contributed by atoms with Crippen LogP contribution < -0.4 is 20.1 Å². The topological polar surface area (TPSA) is 76.7 Å². The first-order valence-corrected chi connectivity index (χ1v) is 11.8.